The highest BCUT2D eigenvalue weighted by Gasteiger charge is 2.37. The van der Waals surface area contributed by atoms with Gasteiger partial charge in [0.1, 0.15) is 23.9 Å². The molecule has 2 amide bonds. The molecule has 0 saturated carbocycles. The van der Waals surface area contributed by atoms with Gasteiger partial charge in [-0.2, -0.15) is 5.10 Å². The molecule has 190 valence electrons. The van der Waals surface area contributed by atoms with E-state index in [-0.39, 0.29) is 23.8 Å². The van der Waals surface area contributed by atoms with Gasteiger partial charge in [-0.05, 0) is 69.4 Å². The highest BCUT2D eigenvalue weighted by molar-refractivity contribution is 5.76. The van der Waals surface area contributed by atoms with Gasteiger partial charge >= 0.3 is 0 Å². The Labute approximate surface area is 208 Å². The van der Waals surface area contributed by atoms with Gasteiger partial charge in [-0.25, -0.2) is 9.67 Å². The number of benzene rings is 1. The molecule has 1 spiro atoms. The van der Waals surface area contributed by atoms with Crippen LogP contribution in [0.5, 0.6) is 5.75 Å². The van der Waals surface area contributed by atoms with Crippen LogP contribution in [0.15, 0.2) is 24.3 Å². The lowest BCUT2D eigenvalue weighted by molar-refractivity contribution is -0.137. The van der Waals surface area contributed by atoms with Gasteiger partial charge in [0.25, 0.3) is 0 Å². The summed E-state index contributed by atoms with van der Waals surface area (Å²) in [6.07, 6.45) is 7.31. The number of carbonyl (C=O) groups is 2. The van der Waals surface area contributed by atoms with Gasteiger partial charge in [-0.15, -0.1) is 0 Å². The average Bonchev–Trinajstić information content (AvgIpc) is 3.16. The van der Waals surface area contributed by atoms with Crippen LogP contribution in [0.25, 0.3) is 0 Å². The molecule has 2 aromatic rings. The van der Waals surface area contributed by atoms with E-state index < -0.39 is 0 Å². The van der Waals surface area contributed by atoms with Crippen molar-refractivity contribution in [1.29, 1.82) is 0 Å². The molecule has 3 heterocycles. The van der Waals surface area contributed by atoms with Crippen LogP contribution in [0.2, 0.25) is 0 Å². The van der Waals surface area contributed by atoms with Gasteiger partial charge in [-0.3, -0.25) is 9.59 Å². The largest absolute Gasteiger partial charge is 0.493 e. The lowest BCUT2D eigenvalue weighted by atomic mass is 9.73. The molecular formula is C27H39N5O3. The number of fused-ring (bicyclic) bond motifs is 1. The van der Waals surface area contributed by atoms with E-state index in [2.05, 4.69) is 22.2 Å². The standard InChI is InChI=1S/C27H39N5O3/c1-21-28-22(2)32(29-21)19-26(34)31-16-14-27(15-17-31)13-7-6-10-23-9-4-5-11-24(23)35-18-8-12-25(33)30(3)20-27/h4-5,9,11H,6-8,10,12-20H2,1-3H3. The maximum absolute atomic E-state index is 13.0. The maximum Gasteiger partial charge on any atom is 0.244 e. The summed E-state index contributed by atoms with van der Waals surface area (Å²) in [4.78, 5) is 34.0. The quantitative estimate of drug-likeness (QED) is 0.655. The minimum atomic E-state index is 0.0566. The molecule has 0 aliphatic carbocycles. The molecule has 8 nitrogen and oxygen atoms in total. The van der Waals surface area contributed by atoms with Crippen molar-refractivity contribution >= 4 is 11.8 Å². The third-order valence-electron chi connectivity index (χ3n) is 7.59. The van der Waals surface area contributed by atoms with Crippen LogP contribution < -0.4 is 4.74 Å². The number of aromatic nitrogens is 3. The van der Waals surface area contributed by atoms with Crippen LogP contribution >= 0.6 is 0 Å². The minimum absolute atomic E-state index is 0.0566. The van der Waals surface area contributed by atoms with Gasteiger partial charge in [0.2, 0.25) is 11.8 Å². The van der Waals surface area contributed by atoms with E-state index in [1.54, 1.807) is 4.68 Å². The van der Waals surface area contributed by atoms with E-state index in [1.165, 1.54) is 5.56 Å². The minimum Gasteiger partial charge on any atom is -0.493 e. The Kier molecular flexibility index (Phi) is 8.08. The van der Waals surface area contributed by atoms with E-state index in [4.69, 9.17) is 4.74 Å². The molecular weight excluding hydrogens is 442 g/mol. The molecule has 8 heteroatoms. The van der Waals surface area contributed by atoms with E-state index in [9.17, 15) is 9.59 Å². The Morgan fingerprint density at radius 1 is 1.06 bits per heavy atom. The summed E-state index contributed by atoms with van der Waals surface area (Å²) in [5, 5.41) is 4.34. The summed E-state index contributed by atoms with van der Waals surface area (Å²) in [6, 6.07) is 8.26. The monoisotopic (exact) mass is 481 g/mol. The lowest BCUT2D eigenvalue weighted by Gasteiger charge is -2.44. The van der Waals surface area contributed by atoms with Crippen LogP contribution in [-0.2, 0) is 22.6 Å². The fourth-order valence-electron chi connectivity index (χ4n) is 5.51. The Morgan fingerprint density at radius 3 is 2.57 bits per heavy atom. The number of carbonyl (C=O) groups excluding carboxylic acids is 2. The fraction of sp³-hybridized carbons (Fsp3) is 0.630. The first-order valence-electron chi connectivity index (χ1n) is 13.0. The molecule has 0 unspecified atom stereocenters. The normalized spacial score (nSPS) is 19.7. The van der Waals surface area contributed by atoms with E-state index in [0.717, 1.165) is 69.7 Å². The number of hydrogen-bond acceptors (Lipinski definition) is 5. The van der Waals surface area contributed by atoms with E-state index in [0.29, 0.717) is 25.3 Å². The molecule has 0 bridgehead atoms. The van der Waals surface area contributed by atoms with Crippen molar-refractivity contribution in [2.45, 2.75) is 71.8 Å². The Hall–Kier alpha value is -2.90. The first-order chi connectivity index (χ1) is 16.8. The highest BCUT2D eigenvalue weighted by Crippen LogP contribution is 2.38. The number of ether oxygens (including phenoxy) is 1. The molecule has 2 aliphatic heterocycles. The number of piperidine rings is 1. The Balaban J connectivity index is 1.41. The Morgan fingerprint density at radius 2 is 1.83 bits per heavy atom. The van der Waals surface area contributed by atoms with Crippen molar-refractivity contribution in [2.24, 2.45) is 5.41 Å². The zero-order valence-corrected chi connectivity index (χ0v) is 21.5. The number of hydrogen-bond donors (Lipinski definition) is 0. The first kappa shape index (κ1) is 25.2. The third-order valence-corrected chi connectivity index (χ3v) is 7.59. The second-order valence-corrected chi connectivity index (χ2v) is 10.3. The molecule has 1 aromatic carbocycles. The van der Waals surface area contributed by atoms with Gasteiger partial charge in [-0.1, -0.05) is 24.6 Å². The molecule has 2 aliphatic rings. The number of amides is 2. The maximum atomic E-state index is 13.0. The van der Waals surface area contributed by atoms with Crippen LogP contribution in [0, 0.1) is 19.3 Å². The van der Waals surface area contributed by atoms with Gasteiger partial charge in [0.15, 0.2) is 0 Å². The smallest absolute Gasteiger partial charge is 0.244 e. The van der Waals surface area contributed by atoms with E-state index >= 15 is 0 Å². The number of rotatable bonds is 2. The van der Waals surface area contributed by atoms with Crippen LogP contribution in [0.4, 0.5) is 0 Å². The highest BCUT2D eigenvalue weighted by atomic mass is 16.5. The molecule has 35 heavy (non-hydrogen) atoms. The molecule has 0 radical (unpaired) electrons. The zero-order chi connectivity index (χ0) is 24.8. The van der Waals surface area contributed by atoms with Crippen molar-refractivity contribution in [3.8, 4) is 5.75 Å². The summed E-state index contributed by atoms with van der Waals surface area (Å²) >= 11 is 0. The lowest BCUT2D eigenvalue weighted by Crippen LogP contribution is -2.49. The third kappa shape index (κ3) is 6.41. The molecule has 4 rings (SSSR count). The Bertz CT molecular complexity index is 1030. The molecule has 1 fully saturated rings. The molecule has 0 atom stereocenters. The SMILES string of the molecule is Cc1nc(C)n(CC(=O)N2CCC3(CCCCc4ccccc4OCCCC(=O)N(C)C3)CC2)n1. The van der Waals surface area contributed by atoms with Crippen LogP contribution in [-0.4, -0.2) is 69.7 Å². The second kappa shape index (κ2) is 11.2. The van der Waals surface area contributed by atoms with Gasteiger partial charge in [0.05, 0.1) is 6.61 Å². The average molecular weight is 482 g/mol. The molecule has 0 N–H and O–H groups in total. The van der Waals surface area contributed by atoms with Crippen LogP contribution in [0.1, 0.15) is 62.2 Å². The predicted molar refractivity (Wildman–Crippen MR) is 134 cm³/mol. The summed E-state index contributed by atoms with van der Waals surface area (Å²) in [6.45, 7) is 6.73. The van der Waals surface area contributed by atoms with Crippen molar-refractivity contribution < 1.29 is 14.3 Å². The summed E-state index contributed by atoms with van der Waals surface area (Å²) in [5.74, 6) is 2.67. The number of para-hydroxylation sites is 1. The topological polar surface area (TPSA) is 80.6 Å². The molecule has 1 saturated heterocycles. The number of nitrogens with zero attached hydrogens (tertiary/aromatic N) is 5. The number of likely N-dealkylation sites (tertiary alicyclic amines) is 1. The summed E-state index contributed by atoms with van der Waals surface area (Å²) in [7, 11) is 1.93. The zero-order valence-electron chi connectivity index (χ0n) is 21.5. The predicted octanol–water partition coefficient (Wildman–Crippen LogP) is 3.55. The number of aryl methyl sites for hydroxylation is 3. The van der Waals surface area contributed by atoms with Crippen molar-refractivity contribution in [2.75, 3.05) is 33.3 Å². The van der Waals surface area contributed by atoms with Crippen molar-refractivity contribution in [1.82, 2.24) is 24.6 Å². The second-order valence-electron chi connectivity index (χ2n) is 10.3. The summed E-state index contributed by atoms with van der Waals surface area (Å²) < 4.78 is 7.69. The fourth-order valence-corrected chi connectivity index (χ4v) is 5.51. The first-order valence-corrected chi connectivity index (χ1v) is 13.0. The summed E-state index contributed by atoms with van der Waals surface area (Å²) in [5.41, 5.74) is 1.31. The molecule has 1 aromatic heterocycles. The van der Waals surface area contributed by atoms with Crippen molar-refractivity contribution in [3.05, 3.63) is 41.5 Å². The van der Waals surface area contributed by atoms with Gasteiger partial charge < -0.3 is 14.5 Å². The van der Waals surface area contributed by atoms with E-state index in [1.807, 2.05) is 42.8 Å². The van der Waals surface area contributed by atoms with Crippen LogP contribution in [0.3, 0.4) is 0 Å². The van der Waals surface area contributed by atoms with Crippen molar-refractivity contribution in [3.63, 3.8) is 0 Å². The van der Waals surface area contributed by atoms with Gasteiger partial charge in [0, 0.05) is 33.1 Å².